The van der Waals surface area contributed by atoms with E-state index in [1.165, 1.54) is 0 Å². The number of fused-ring (bicyclic) bond motifs is 1. The van der Waals surface area contributed by atoms with Crippen LogP contribution < -0.4 is 5.32 Å². The van der Waals surface area contributed by atoms with Gasteiger partial charge in [0, 0.05) is 5.69 Å². The number of hydrogen-bond donors (Lipinski definition) is 1. The van der Waals surface area contributed by atoms with Crippen molar-refractivity contribution < 1.29 is 0 Å². The fourth-order valence-electron chi connectivity index (χ4n) is 1.16. The predicted molar refractivity (Wildman–Crippen MR) is 53.0 cm³/mol. The molecular weight excluding hydrogens is 170 g/mol. The quantitative estimate of drug-likeness (QED) is 0.600. The molecule has 1 nitrogen and oxygen atoms in total. The van der Waals surface area contributed by atoms with Gasteiger partial charge in [0.15, 0.2) is 0 Å². The van der Waals surface area contributed by atoms with Gasteiger partial charge >= 0.3 is 0 Å². The van der Waals surface area contributed by atoms with E-state index in [9.17, 15) is 0 Å². The van der Waals surface area contributed by atoms with Crippen LogP contribution in [0.15, 0.2) is 41.6 Å². The van der Waals surface area contributed by atoms with Gasteiger partial charge < -0.3 is 5.32 Å². The first-order chi connectivity index (χ1) is 5.86. The summed E-state index contributed by atoms with van der Waals surface area (Å²) in [6, 6.07) is 8.03. The van der Waals surface area contributed by atoms with E-state index in [-0.39, 0.29) is 0 Å². The number of para-hydroxylation sites is 1. The van der Waals surface area contributed by atoms with Crippen LogP contribution in [0.1, 0.15) is 5.56 Å². The lowest BCUT2D eigenvalue weighted by Gasteiger charge is -2.05. The molecule has 2 rings (SSSR count). The van der Waals surface area contributed by atoms with Crippen molar-refractivity contribution in [1.29, 1.82) is 0 Å². The molecule has 0 saturated carbocycles. The van der Waals surface area contributed by atoms with Gasteiger partial charge in [0.05, 0.1) is 0 Å². The normalized spacial score (nSPS) is 14.2. The lowest BCUT2D eigenvalue weighted by molar-refractivity contribution is 1.54. The summed E-state index contributed by atoms with van der Waals surface area (Å²) in [4.78, 5) is 0. The van der Waals surface area contributed by atoms with Crippen LogP contribution in [-0.4, -0.2) is 0 Å². The molecular formula is C10H8ClN. The molecule has 0 spiro atoms. The molecule has 0 aromatic heterocycles. The SMILES string of the molecule is ClC1=CC=Cc2ccccc2N1. The Morgan fingerprint density at radius 2 is 2.00 bits per heavy atom. The molecule has 1 aromatic rings. The molecule has 0 amide bonds. The molecule has 0 bridgehead atoms. The van der Waals surface area contributed by atoms with Gasteiger partial charge in [-0.1, -0.05) is 42.0 Å². The fourth-order valence-corrected chi connectivity index (χ4v) is 1.34. The summed E-state index contributed by atoms with van der Waals surface area (Å²) in [7, 11) is 0. The third kappa shape index (κ3) is 1.36. The molecule has 0 saturated heterocycles. The monoisotopic (exact) mass is 177 g/mol. The van der Waals surface area contributed by atoms with E-state index in [1.54, 1.807) is 0 Å². The zero-order chi connectivity index (χ0) is 8.39. The second-order valence-corrected chi connectivity index (χ2v) is 2.99. The number of benzene rings is 1. The number of allylic oxidation sites excluding steroid dienone is 2. The second-order valence-electron chi connectivity index (χ2n) is 2.59. The molecule has 1 heterocycles. The molecule has 1 N–H and O–H groups in total. The highest BCUT2D eigenvalue weighted by atomic mass is 35.5. The van der Waals surface area contributed by atoms with Crippen LogP contribution in [-0.2, 0) is 0 Å². The zero-order valence-electron chi connectivity index (χ0n) is 6.42. The number of halogens is 1. The fraction of sp³-hybridized carbons (Fsp3) is 0. The van der Waals surface area contributed by atoms with Crippen LogP contribution >= 0.6 is 11.6 Å². The van der Waals surface area contributed by atoms with E-state index < -0.39 is 0 Å². The minimum absolute atomic E-state index is 0.649. The van der Waals surface area contributed by atoms with Crippen molar-refractivity contribution in [2.24, 2.45) is 0 Å². The third-order valence-corrected chi connectivity index (χ3v) is 1.95. The van der Waals surface area contributed by atoms with Gasteiger partial charge in [-0.25, -0.2) is 0 Å². The van der Waals surface area contributed by atoms with Crippen LogP contribution in [0, 0.1) is 0 Å². The average Bonchev–Trinajstić information content (AvgIpc) is 2.25. The molecule has 0 radical (unpaired) electrons. The van der Waals surface area contributed by atoms with Gasteiger partial charge in [-0.05, 0) is 17.7 Å². The van der Waals surface area contributed by atoms with Gasteiger partial charge in [0.25, 0.3) is 0 Å². The predicted octanol–water partition coefficient (Wildman–Crippen LogP) is 3.21. The summed E-state index contributed by atoms with van der Waals surface area (Å²) < 4.78 is 0. The number of nitrogens with one attached hydrogen (secondary N) is 1. The Bertz CT molecular complexity index is 353. The maximum Gasteiger partial charge on any atom is 0.106 e. The molecule has 0 aliphatic carbocycles. The molecule has 2 heteroatoms. The Morgan fingerprint density at radius 1 is 1.17 bits per heavy atom. The van der Waals surface area contributed by atoms with Crippen molar-refractivity contribution in [3.05, 3.63) is 47.1 Å². The Morgan fingerprint density at radius 3 is 2.92 bits per heavy atom. The lowest BCUT2D eigenvalue weighted by atomic mass is 10.2. The largest absolute Gasteiger partial charge is 0.346 e. The van der Waals surface area contributed by atoms with Crippen molar-refractivity contribution in [3.63, 3.8) is 0 Å². The van der Waals surface area contributed by atoms with Gasteiger partial charge in [-0.2, -0.15) is 0 Å². The molecule has 0 unspecified atom stereocenters. The Balaban J connectivity index is 2.49. The van der Waals surface area contributed by atoms with E-state index >= 15 is 0 Å². The topological polar surface area (TPSA) is 12.0 Å². The molecule has 1 aliphatic heterocycles. The summed E-state index contributed by atoms with van der Waals surface area (Å²) in [6.45, 7) is 0. The first-order valence-electron chi connectivity index (χ1n) is 3.76. The van der Waals surface area contributed by atoms with Gasteiger partial charge in [0.2, 0.25) is 0 Å². The standard InChI is InChI=1S/C10H8ClN/c11-10-7-3-5-8-4-1-2-6-9(8)12-10/h1-7,12H. The zero-order valence-corrected chi connectivity index (χ0v) is 7.18. The van der Waals surface area contributed by atoms with Crippen LogP contribution in [0.5, 0.6) is 0 Å². The van der Waals surface area contributed by atoms with E-state index in [2.05, 4.69) is 5.32 Å². The van der Waals surface area contributed by atoms with Crippen molar-refractivity contribution in [2.45, 2.75) is 0 Å². The van der Waals surface area contributed by atoms with Gasteiger partial charge in [-0.15, -0.1) is 0 Å². The van der Waals surface area contributed by atoms with E-state index in [0.717, 1.165) is 11.3 Å². The summed E-state index contributed by atoms with van der Waals surface area (Å²) in [5.74, 6) is 0. The first kappa shape index (κ1) is 7.44. The Kier molecular flexibility index (Phi) is 1.88. The average molecular weight is 178 g/mol. The maximum absolute atomic E-state index is 5.85. The second kappa shape index (κ2) is 3.03. The Labute approximate surface area is 76.4 Å². The number of hydrogen-bond acceptors (Lipinski definition) is 1. The summed E-state index contributed by atoms with van der Waals surface area (Å²) >= 11 is 5.85. The van der Waals surface area contributed by atoms with Crippen molar-refractivity contribution in [3.8, 4) is 0 Å². The minimum atomic E-state index is 0.649. The molecule has 1 aliphatic rings. The lowest BCUT2D eigenvalue weighted by Crippen LogP contribution is -1.92. The summed E-state index contributed by atoms with van der Waals surface area (Å²) in [5, 5.41) is 3.74. The highest BCUT2D eigenvalue weighted by Gasteiger charge is 2.00. The molecule has 0 fully saturated rings. The third-order valence-electron chi connectivity index (χ3n) is 1.73. The number of rotatable bonds is 0. The molecule has 12 heavy (non-hydrogen) atoms. The Hall–Kier alpha value is -1.21. The minimum Gasteiger partial charge on any atom is -0.346 e. The van der Waals surface area contributed by atoms with Crippen molar-refractivity contribution in [1.82, 2.24) is 0 Å². The summed E-state index contributed by atoms with van der Waals surface area (Å²) in [5.41, 5.74) is 2.21. The smallest absolute Gasteiger partial charge is 0.106 e. The van der Waals surface area contributed by atoms with Crippen LogP contribution in [0.2, 0.25) is 0 Å². The van der Waals surface area contributed by atoms with Crippen LogP contribution in [0.4, 0.5) is 5.69 Å². The first-order valence-corrected chi connectivity index (χ1v) is 4.14. The molecule has 60 valence electrons. The van der Waals surface area contributed by atoms with Crippen molar-refractivity contribution >= 4 is 23.4 Å². The van der Waals surface area contributed by atoms with E-state index in [0.29, 0.717) is 5.16 Å². The van der Waals surface area contributed by atoms with Gasteiger partial charge in [0.1, 0.15) is 5.16 Å². The van der Waals surface area contributed by atoms with Gasteiger partial charge in [-0.3, -0.25) is 0 Å². The number of anilines is 1. The van der Waals surface area contributed by atoms with E-state index in [1.807, 2.05) is 42.5 Å². The van der Waals surface area contributed by atoms with E-state index in [4.69, 9.17) is 11.6 Å². The summed E-state index contributed by atoms with van der Waals surface area (Å²) in [6.07, 6.45) is 5.79. The van der Waals surface area contributed by atoms with Crippen LogP contribution in [0.25, 0.3) is 6.08 Å². The molecule has 1 aromatic carbocycles. The molecule has 0 atom stereocenters. The van der Waals surface area contributed by atoms with Crippen molar-refractivity contribution in [2.75, 3.05) is 5.32 Å². The maximum atomic E-state index is 5.85. The van der Waals surface area contributed by atoms with Crippen LogP contribution in [0.3, 0.4) is 0 Å². The highest BCUT2D eigenvalue weighted by molar-refractivity contribution is 6.31. The highest BCUT2D eigenvalue weighted by Crippen LogP contribution is 2.22.